The van der Waals surface area contributed by atoms with E-state index in [0.29, 0.717) is 6.42 Å². The van der Waals surface area contributed by atoms with Crippen molar-refractivity contribution in [2.75, 3.05) is 11.9 Å². The number of nitrogens with zero attached hydrogens (tertiary/aromatic N) is 2. The molecule has 1 heterocycles. The van der Waals surface area contributed by atoms with Gasteiger partial charge in [0, 0.05) is 12.6 Å². The summed E-state index contributed by atoms with van der Waals surface area (Å²) in [7, 11) is 0. The number of nitrogens with one attached hydrogen (secondary N) is 1. The molecule has 1 rings (SSSR count). The molecular weight excluding hydrogens is 254 g/mol. The summed E-state index contributed by atoms with van der Waals surface area (Å²) < 4.78 is 1.17. The largest absolute Gasteiger partial charge is 0.396 e. The second-order valence-corrected chi connectivity index (χ2v) is 4.20. The van der Waals surface area contributed by atoms with Crippen LogP contribution < -0.4 is 10.9 Å². The Hall–Kier alpha value is -1.51. The number of hydrogen-bond donors (Lipinski definition) is 2. The van der Waals surface area contributed by atoms with Crippen LogP contribution in [-0.4, -0.2) is 27.5 Å². The molecular formula is C12H16ClN3O2. The van der Waals surface area contributed by atoms with Crippen molar-refractivity contribution in [3.8, 4) is 12.3 Å². The standard InChI is InChI=1S/C12H16ClN3O2/c1-3-6-16-12(18)11(10(13)8-14-16)15-9(4-2)5-7-17/h1,8-9,15,17H,4-7H2,2H3. The van der Waals surface area contributed by atoms with Gasteiger partial charge in [-0.2, -0.15) is 5.10 Å². The molecule has 0 saturated heterocycles. The maximum atomic E-state index is 12.0. The summed E-state index contributed by atoms with van der Waals surface area (Å²) in [5, 5.41) is 16.1. The SMILES string of the molecule is C#CCn1ncc(Cl)c(NC(CC)CCO)c1=O. The van der Waals surface area contributed by atoms with Crippen LogP contribution in [0.4, 0.5) is 5.69 Å². The highest BCUT2D eigenvalue weighted by atomic mass is 35.5. The Bertz CT molecular complexity index is 493. The Morgan fingerprint density at radius 1 is 1.72 bits per heavy atom. The van der Waals surface area contributed by atoms with Gasteiger partial charge in [0.1, 0.15) is 12.2 Å². The van der Waals surface area contributed by atoms with Crippen LogP contribution in [-0.2, 0) is 6.54 Å². The van der Waals surface area contributed by atoms with Gasteiger partial charge in [-0.25, -0.2) is 4.68 Å². The van der Waals surface area contributed by atoms with E-state index >= 15 is 0 Å². The lowest BCUT2D eigenvalue weighted by Crippen LogP contribution is -2.30. The van der Waals surface area contributed by atoms with E-state index in [9.17, 15) is 4.79 Å². The molecule has 0 aliphatic heterocycles. The van der Waals surface area contributed by atoms with Crippen LogP contribution in [0.25, 0.3) is 0 Å². The van der Waals surface area contributed by atoms with E-state index in [-0.39, 0.29) is 35.5 Å². The second kappa shape index (κ2) is 7.04. The van der Waals surface area contributed by atoms with E-state index in [2.05, 4.69) is 16.3 Å². The number of rotatable bonds is 6. The quantitative estimate of drug-likeness (QED) is 0.759. The Morgan fingerprint density at radius 3 is 3.00 bits per heavy atom. The van der Waals surface area contributed by atoms with Crippen molar-refractivity contribution in [3.05, 3.63) is 21.6 Å². The third kappa shape index (κ3) is 3.49. The number of hydrogen-bond acceptors (Lipinski definition) is 4. The monoisotopic (exact) mass is 269 g/mol. The average Bonchev–Trinajstić information content (AvgIpc) is 2.36. The highest BCUT2D eigenvalue weighted by Crippen LogP contribution is 2.17. The molecule has 0 aliphatic carbocycles. The third-order valence-corrected chi connectivity index (χ3v) is 2.84. The minimum absolute atomic E-state index is 0.0121. The average molecular weight is 270 g/mol. The number of terminal acetylenes is 1. The van der Waals surface area contributed by atoms with E-state index in [1.807, 2.05) is 6.92 Å². The smallest absolute Gasteiger partial charge is 0.292 e. The van der Waals surface area contributed by atoms with Crippen LogP contribution >= 0.6 is 11.6 Å². The minimum Gasteiger partial charge on any atom is -0.396 e. The molecule has 1 atom stereocenters. The van der Waals surface area contributed by atoms with E-state index < -0.39 is 0 Å². The fraction of sp³-hybridized carbons (Fsp3) is 0.500. The number of anilines is 1. The van der Waals surface area contributed by atoms with E-state index in [4.69, 9.17) is 23.1 Å². The number of aliphatic hydroxyl groups is 1. The molecule has 0 bridgehead atoms. The van der Waals surface area contributed by atoms with E-state index in [1.54, 1.807) is 0 Å². The van der Waals surface area contributed by atoms with Crippen molar-refractivity contribution < 1.29 is 5.11 Å². The van der Waals surface area contributed by atoms with Crippen molar-refractivity contribution in [2.24, 2.45) is 0 Å². The van der Waals surface area contributed by atoms with Gasteiger partial charge in [0.2, 0.25) is 0 Å². The molecule has 0 saturated carbocycles. The topological polar surface area (TPSA) is 67.2 Å². The van der Waals surface area contributed by atoms with Crippen LogP contribution in [0.15, 0.2) is 11.0 Å². The highest BCUT2D eigenvalue weighted by molar-refractivity contribution is 6.33. The summed E-state index contributed by atoms with van der Waals surface area (Å²) in [6.45, 7) is 2.11. The number of aromatic nitrogens is 2. The first-order chi connectivity index (χ1) is 8.63. The molecule has 0 aromatic carbocycles. The van der Waals surface area contributed by atoms with Gasteiger partial charge >= 0.3 is 0 Å². The lowest BCUT2D eigenvalue weighted by atomic mass is 10.1. The zero-order chi connectivity index (χ0) is 13.5. The van der Waals surface area contributed by atoms with Crippen LogP contribution in [0.5, 0.6) is 0 Å². The molecule has 1 unspecified atom stereocenters. The summed E-state index contributed by atoms with van der Waals surface area (Å²) in [6.07, 6.45) is 7.86. The molecule has 0 fully saturated rings. The molecule has 2 N–H and O–H groups in total. The first-order valence-corrected chi connectivity index (χ1v) is 6.08. The maximum Gasteiger partial charge on any atom is 0.292 e. The minimum atomic E-state index is -0.350. The zero-order valence-corrected chi connectivity index (χ0v) is 10.9. The first kappa shape index (κ1) is 14.6. The van der Waals surface area contributed by atoms with E-state index in [1.165, 1.54) is 10.9 Å². The Kier molecular flexibility index (Phi) is 5.69. The number of aliphatic hydroxyl groups excluding tert-OH is 1. The lowest BCUT2D eigenvalue weighted by Gasteiger charge is -2.17. The predicted octanol–water partition coefficient (Wildman–Crippen LogP) is 1.10. The van der Waals surface area contributed by atoms with Gasteiger partial charge in [-0.1, -0.05) is 24.4 Å². The molecule has 1 aromatic heterocycles. The normalized spacial score (nSPS) is 11.9. The van der Waals surface area contributed by atoms with Crippen LogP contribution in [0.2, 0.25) is 5.02 Å². The summed E-state index contributed by atoms with van der Waals surface area (Å²) in [6, 6.07) is -0.0121. The summed E-state index contributed by atoms with van der Waals surface area (Å²) in [5.74, 6) is 2.35. The summed E-state index contributed by atoms with van der Waals surface area (Å²) in [4.78, 5) is 12.0. The van der Waals surface area contributed by atoms with Crippen molar-refractivity contribution in [3.63, 3.8) is 0 Å². The van der Waals surface area contributed by atoms with E-state index in [0.717, 1.165) is 6.42 Å². The molecule has 1 aromatic rings. The van der Waals surface area contributed by atoms with Gasteiger partial charge in [0.05, 0.1) is 11.2 Å². The third-order valence-electron chi connectivity index (χ3n) is 2.56. The molecule has 0 amide bonds. The van der Waals surface area contributed by atoms with Crippen molar-refractivity contribution in [2.45, 2.75) is 32.4 Å². The van der Waals surface area contributed by atoms with Gasteiger partial charge < -0.3 is 10.4 Å². The molecule has 0 aliphatic rings. The molecule has 0 radical (unpaired) electrons. The molecule has 18 heavy (non-hydrogen) atoms. The van der Waals surface area contributed by atoms with Crippen molar-refractivity contribution >= 4 is 17.3 Å². The molecule has 0 spiro atoms. The van der Waals surface area contributed by atoms with Gasteiger partial charge in [-0.15, -0.1) is 6.42 Å². The summed E-state index contributed by atoms with van der Waals surface area (Å²) in [5.41, 5.74) is -0.0703. The molecule has 98 valence electrons. The number of halogens is 1. The van der Waals surface area contributed by atoms with Crippen molar-refractivity contribution in [1.29, 1.82) is 0 Å². The van der Waals surface area contributed by atoms with Crippen LogP contribution in [0.1, 0.15) is 19.8 Å². The van der Waals surface area contributed by atoms with Gasteiger partial charge in [-0.05, 0) is 12.8 Å². The first-order valence-electron chi connectivity index (χ1n) is 5.70. The lowest BCUT2D eigenvalue weighted by molar-refractivity contribution is 0.278. The maximum absolute atomic E-state index is 12.0. The van der Waals surface area contributed by atoms with Gasteiger partial charge in [0.25, 0.3) is 5.56 Å². The fourth-order valence-electron chi connectivity index (χ4n) is 1.54. The fourth-order valence-corrected chi connectivity index (χ4v) is 1.72. The Balaban J connectivity index is 3.04. The second-order valence-electron chi connectivity index (χ2n) is 3.80. The van der Waals surface area contributed by atoms with Gasteiger partial charge in [0.15, 0.2) is 0 Å². The predicted molar refractivity (Wildman–Crippen MR) is 71.7 cm³/mol. The molecule has 6 heteroatoms. The summed E-state index contributed by atoms with van der Waals surface area (Å²) >= 11 is 5.95. The molecule has 5 nitrogen and oxygen atoms in total. The van der Waals surface area contributed by atoms with Crippen LogP contribution in [0.3, 0.4) is 0 Å². The van der Waals surface area contributed by atoms with Crippen molar-refractivity contribution in [1.82, 2.24) is 9.78 Å². The zero-order valence-electron chi connectivity index (χ0n) is 10.2. The van der Waals surface area contributed by atoms with Gasteiger partial charge in [-0.3, -0.25) is 4.79 Å². The Labute approximate surface area is 111 Å². The Morgan fingerprint density at radius 2 is 2.44 bits per heavy atom. The van der Waals surface area contributed by atoms with Crippen LogP contribution in [0, 0.1) is 12.3 Å². The highest BCUT2D eigenvalue weighted by Gasteiger charge is 2.13.